The van der Waals surface area contributed by atoms with Crippen molar-refractivity contribution in [3.63, 3.8) is 0 Å². The van der Waals surface area contributed by atoms with Gasteiger partial charge in [0.2, 0.25) is 5.78 Å². The summed E-state index contributed by atoms with van der Waals surface area (Å²) in [5.74, 6) is -0.781. The molecule has 6 nitrogen and oxygen atoms in total. The highest BCUT2D eigenvalue weighted by molar-refractivity contribution is 6.14. The Morgan fingerprint density at radius 2 is 1.83 bits per heavy atom. The van der Waals surface area contributed by atoms with Crippen molar-refractivity contribution in [1.82, 2.24) is 4.98 Å². The number of fused-ring (bicyclic) bond motifs is 1. The van der Waals surface area contributed by atoms with Crippen LogP contribution < -0.4 is 14.2 Å². The minimum absolute atomic E-state index is 0.0621. The maximum absolute atomic E-state index is 12.6. The molecule has 8 heteroatoms. The largest absolute Gasteiger partial charge is 0.452 e. The van der Waals surface area contributed by atoms with Gasteiger partial charge in [0, 0.05) is 24.0 Å². The van der Waals surface area contributed by atoms with E-state index < -0.39 is 18.4 Å². The zero-order valence-corrected chi connectivity index (χ0v) is 15.2. The topological polar surface area (TPSA) is 74.7 Å². The molecule has 1 aromatic heterocycles. The highest BCUT2D eigenvalue weighted by Gasteiger charge is 2.28. The Balaban J connectivity index is 1.57. The van der Waals surface area contributed by atoms with Crippen LogP contribution in [0.5, 0.6) is 17.2 Å². The summed E-state index contributed by atoms with van der Waals surface area (Å²) in [4.78, 5) is 28.6. The van der Waals surface area contributed by atoms with Crippen LogP contribution in [-0.2, 0) is 0 Å². The summed E-state index contributed by atoms with van der Waals surface area (Å²) in [6, 6.07) is 13.4. The number of ether oxygens (including phenoxy) is 3. The molecule has 3 aromatic rings. The van der Waals surface area contributed by atoms with Crippen molar-refractivity contribution in [3.8, 4) is 17.2 Å². The molecular formula is C22H13F2NO5. The highest BCUT2D eigenvalue weighted by atomic mass is 19.3. The van der Waals surface area contributed by atoms with Crippen LogP contribution in [0.1, 0.15) is 26.3 Å². The molecule has 30 heavy (non-hydrogen) atoms. The molecule has 1 aliphatic heterocycles. The van der Waals surface area contributed by atoms with Crippen LogP contribution in [0.15, 0.2) is 72.8 Å². The van der Waals surface area contributed by atoms with Crippen molar-refractivity contribution in [3.05, 3.63) is 89.4 Å². The fraction of sp³-hybridized carbons (Fsp3) is 0.0455. The summed E-state index contributed by atoms with van der Waals surface area (Å²) in [5.41, 5.74) is 0.842. The van der Waals surface area contributed by atoms with E-state index in [0.717, 1.165) is 0 Å². The van der Waals surface area contributed by atoms with Crippen molar-refractivity contribution in [2.75, 3.05) is 0 Å². The number of alkyl halides is 2. The molecule has 4 rings (SSSR count). The van der Waals surface area contributed by atoms with E-state index in [1.807, 2.05) is 0 Å². The molecule has 150 valence electrons. The third kappa shape index (κ3) is 4.02. The third-order valence-corrected chi connectivity index (χ3v) is 4.19. The minimum Gasteiger partial charge on any atom is -0.452 e. The third-order valence-electron chi connectivity index (χ3n) is 4.19. The molecule has 0 unspecified atom stereocenters. The highest BCUT2D eigenvalue weighted by Crippen LogP contribution is 2.36. The van der Waals surface area contributed by atoms with Crippen LogP contribution in [0.4, 0.5) is 8.78 Å². The van der Waals surface area contributed by atoms with Crippen LogP contribution in [-0.4, -0.2) is 23.3 Å². The maximum atomic E-state index is 12.6. The van der Waals surface area contributed by atoms with E-state index in [1.165, 1.54) is 67.0 Å². The Hall–Kier alpha value is -4.07. The second-order valence-corrected chi connectivity index (χ2v) is 6.14. The first kappa shape index (κ1) is 19.3. The van der Waals surface area contributed by atoms with Crippen LogP contribution in [0.25, 0.3) is 6.08 Å². The van der Waals surface area contributed by atoms with E-state index in [-0.39, 0.29) is 34.1 Å². The average Bonchev–Trinajstić information content (AvgIpc) is 3.04. The van der Waals surface area contributed by atoms with Crippen molar-refractivity contribution in [2.24, 2.45) is 0 Å². The monoisotopic (exact) mass is 409 g/mol. The van der Waals surface area contributed by atoms with Gasteiger partial charge in [-0.05, 0) is 36.4 Å². The molecule has 0 bridgehead atoms. The molecule has 2 heterocycles. The molecule has 0 N–H and O–H groups in total. The molecule has 0 atom stereocenters. The number of rotatable bonds is 5. The van der Waals surface area contributed by atoms with Crippen molar-refractivity contribution >= 4 is 17.8 Å². The molecule has 0 fully saturated rings. The number of para-hydroxylation sites is 1. The number of nitrogens with zero attached hydrogens (tertiary/aromatic N) is 1. The van der Waals surface area contributed by atoms with Crippen molar-refractivity contribution in [2.45, 2.75) is 6.61 Å². The number of hydrogen-bond acceptors (Lipinski definition) is 6. The smallest absolute Gasteiger partial charge is 0.387 e. The lowest BCUT2D eigenvalue weighted by Gasteiger charge is -2.08. The quantitative estimate of drug-likeness (QED) is 0.351. The molecule has 0 radical (unpaired) electrons. The van der Waals surface area contributed by atoms with E-state index in [2.05, 4.69) is 9.72 Å². The predicted molar refractivity (Wildman–Crippen MR) is 102 cm³/mol. The number of ketones is 1. The second-order valence-electron chi connectivity index (χ2n) is 6.14. The predicted octanol–water partition coefficient (Wildman–Crippen LogP) is 4.52. The maximum Gasteiger partial charge on any atom is 0.387 e. The zero-order valence-electron chi connectivity index (χ0n) is 15.2. The minimum atomic E-state index is -3.00. The van der Waals surface area contributed by atoms with Gasteiger partial charge in [-0.3, -0.25) is 9.78 Å². The number of aromatic nitrogens is 1. The van der Waals surface area contributed by atoms with E-state index in [0.29, 0.717) is 5.56 Å². The normalized spacial score (nSPS) is 13.8. The molecular weight excluding hydrogens is 396 g/mol. The number of hydrogen-bond donors (Lipinski definition) is 0. The summed E-state index contributed by atoms with van der Waals surface area (Å²) >= 11 is 0. The van der Waals surface area contributed by atoms with Gasteiger partial charge in [0.1, 0.15) is 17.2 Å². The van der Waals surface area contributed by atoms with E-state index in [4.69, 9.17) is 9.47 Å². The number of allylic oxidation sites excluding steroid dienone is 1. The Bertz CT molecular complexity index is 1150. The van der Waals surface area contributed by atoms with Gasteiger partial charge in [-0.15, -0.1) is 0 Å². The molecule has 2 aromatic carbocycles. The first-order valence-electron chi connectivity index (χ1n) is 8.75. The number of esters is 1. The summed E-state index contributed by atoms with van der Waals surface area (Å²) in [6.07, 6.45) is 4.25. The molecule has 1 aliphatic rings. The van der Waals surface area contributed by atoms with Gasteiger partial charge >= 0.3 is 12.6 Å². The number of carbonyl (C=O) groups excluding carboxylic acids is 2. The van der Waals surface area contributed by atoms with Crippen LogP contribution in [0, 0.1) is 0 Å². The van der Waals surface area contributed by atoms with Crippen molar-refractivity contribution in [1.29, 1.82) is 0 Å². The second kappa shape index (κ2) is 8.12. The average molecular weight is 409 g/mol. The number of Topliss-reactive ketones (excluding diaryl/α,β-unsaturated/α-hetero) is 1. The van der Waals surface area contributed by atoms with Gasteiger partial charge in [-0.25, -0.2) is 4.79 Å². The SMILES string of the molecule is O=C(Oc1ccc2c(c1)O/C(=C\c1ccccc1OC(F)F)C2=O)c1ccncc1. The van der Waals surface area contributed by atoms with Gasteiger partial charge in [0.15, 0.2) is 5.76 Å². The molecule has 0 spiro atoms. The van der Waals surface area contributed by atoms with Gasteiger partial charge in [0.05, 0.1) is 11.1 Å². The first-order valence-corrected chi connectivity index (χ1v) is 8.75. The van der Waals surface area contributed by atoms with Crippen molar-refractivity contribution < 1.29 is 32.6 Å². The number of carbonyl (C=O) groups is 2. The number of benzene rings is 2. The lowest BCUT2D eigenvalue weighted by atomic mass is 10.1. The Morgan fingerprint density at radius 3 is 2.60 bits per heavy atom. The Kier molecular flexibility index (Phi) is 5.21. The van der Waals surface area contributed by atoms with Gasteiger partial charge < -0.3 is 14.2 Å². The summed E-state index contributed by atoms with van der Waals surface area (Å²) in [7, 11) is 0. The molecule has 0 aliphatic carbocycles. The van der Waals surface area contributed by atoms with E-state index in [1.54, 1.807) is 6.07 Å². The van der Waals surface area contributed by atoms with Gasteiger partial charge in [-0.2, -0.15) is 8.78 Å². The standard InChI is InChI=1S/C22H13F2NO5/c23-22(24)30-17-4-2-1-3-14(17)11-19-20(26)16-6-5-15(12-18(16)29-19)28-21(27)13-7-9-25-10-8-13/h1-12,22H/b19-11-. The summed E-state index contributed by atoms with van der Waals surface area (Å²) < 4.78 is 40.5. The lowest BCUT2D eigenvalue weighted by molar-refractivity contribution is -0.0500. The molecule has 0 saturated heterocycles. The van der Waals surface area contributed by atoms with Gasteiger partial charge in [-0.1, -0.05) is 18.2 Å². The first-order chi connectivity index (χ1) is 14.5. The van der Waals surface area contributed by atoms with Crippen LogP contribution >= 0.6 is 0 Å². The summed E-state index contributed by atoms with van der Waals surface area (Å²) in [6.45, 7) is -3.00. The fourth-order valence-corrected chi connectivity index (χ4v) is 2.83. The Morgan fingerprint density at radius 1 is 1.07 bits per heavy atom. The van der Waals surface area contributed by atoms with Crippen LogP contribution in [0.2, 0.25) is 0 Å². The Labute approximate surface area is 169 Å². The summed E-state index contributed by atoms with van der Waals surface area (Å²) in [5, 5.41) is 0. The molecule has 0 saturated carbocycles. The van der Waals surface area contributed by atoms with Gasteiger partial charge in [0.25, 0.3) is 0 Å². The lowest BCUT2D eigenvalue weighted by Crippen LogP contribution is -2.08. The number of pyridine rings is 1. The zero-order chi connectivity index (χ0) is 21.1. The number of halogens is 2. The van der Waals surface area contributed by atoms with E-state index >= 15 is 0 Å². The fourth-order valence-electron chi connectivity index (χ4n) is 2.83. The van der Waals surface area contributed by atoms with Crippen LogP contribution in [0.3, 0.4) is 0 Å². The molecule has 0 amide bonds. The van der Waals surface area contributed by atoms with E-state index in [9.17, 15) is 18.4 Å².